The van der Waals surface area contributed by atoms with Crippen LogP contribution in [0.3, 0.4) is 0 Å². The van der Waals surface area contributed by atoms with Gasteiger partial charge in [0.1, 0.15) is 12.2 Å². The molecule has 0 amide bonds. The van der Waals surface area contributed by atoms with Crippen molar-refractivity contribution in [1.29, 1.82) is 0 Å². The summed E-state index contributed by atoms with van der Waals surface area (Å²) in [6.45, 7) is 7.56. The highest BCUT2D eigenvalue weighted by molar-refractivity contribution is 5.52. The molecule has 1 fully saturated rings. The van der Waals surface area contributed by atoms with Crippen molar-refractivity contribution in [2.45, 2.75) is 45.8 Å². The van der Waals surface area contributed by atoms with Gasteiger partial charge in [-0.3, -0.25) is 4.90 Å². The van der Waals surface area contributed by atoms with E-state index in [1.165, 1.54) is 24.1 Å². The molecule has 0 bridgehead atoms. The normalized spacial score (nSPS) is 18.5. The maximum absolute atomic E-state index is 4.46. The number of hydrogen-bond donors (Lipinski definition) is 0. The lowest BCUT2D eigenvalue weighted by Gasteiger charge is -2.27. The van der Waals surface area contributed by atoms with Crippen molar-refractivity contribution in [3.63, 3.8) is 0 Å². The second-order valence-electron chi connectivity index (χ2n) is 7.39. The van der Waals surface area contributed by atoms with Gasteiger partial charge in [-0.15, -0.1) is 10.2 Å². The van der Waals surface area contributed by atoms with Gasteiger partial charge in [-0.2, -0.15) is 0 Å². The van der Waals surface area contributed by atoms with Crippen molar-refractivity contribution in [3.05, 3.63) is 42.0 Å². The van der Waals surface area contributed by atoms with Crippen LogP contribution >= 0.6 is 0 Å². The second-order valence-corrected chi connectivity index (χ2v) is 7.39. The number of aromatic nitrogens is 3. The molecule has 1 aliphatic heterocycles. The molecule has 2 aromatic rings. The number of rotatable bonds is 6. The van der Waals surface area contributed by atoms with Crippen molar-refractivity contribution in [2.75, 3.05) is 25.5 Å². The first-order valence-electron chi connectivity index (χ1n) is 8.93. The molecule has 24 heavy (non-hydrogen) atoms. The third kappa shape index (κ3) is 3.61. The molecule has 0 spiro atoms. The van der Waals surface area contributed by atoms with Crippen LogP contribution in [0, 0.1) is 5.92 Å². The zero-order valence-electron chi connectivity index (χ0n) is 15.3. The predicted octanol–water partition coefficient (Wildman–Crippen LogP) is 3.34. The summed E-state index contributed by atoms with van der Waals surface area (Å²) < 4.78 is 2.24. The Morgan fingerprint density at radius 3 is 2.79 bits per heavy atom. The summed E-state index contributed by atoms with van der Waals surface area (Å²) in [6, 6.07) is 9.06. The van der Waals surface area contributed by atoms with Gasteiger partial charge in [0.2, 0.25) is 0 Å². The van der Waals surface area contributed by atoms with Crippen molar-refractivity contribution < 1.29 is 0 Å². The minimum atomic E-state index is 0.376. The van der Waals surface area contributed by atoms with E-state index in [0.717, 1.165) is 25.5 Å². The average molecular weight is 327 g/mol. The van der Waals surface area contributed by atoms with Crippen molar-refractivity contribution >= 4 is 5.69 Å². The van der Waals surface area contributed by atoms with Crippen LogP contribution in [-0.2, 0) is 13.1 Å². The molecule has 0 saturated carbocycles. The molecule has 5 heteroatoms. The molecule has 1 atom stereocenters. The Bertz CT molecular complexity index is 661. The summed E-state index contributed by atoms with van der Waals surface area (Å²) in [7, 11) is 4.22. The van der Waals surface area contributed by atoms with Crippen LogP contribution in [0.1, 0.15) is 44.1 Å². The van der Waals surface area contributed by atoms with Gasteiger partial charge in [0, 0.05) is 32.9 Å². The first-order chi connectivity index (χ1) is 11.6. The van der Waals surface area contributed by atoms with Gasteiger partial charge in [0.25, 0.3) is 0 Å². The van der Waals surface area contributed by atoms with Gasteiger partial charge in [-0.05, 0) is 36.9 Å². The van der Waals surface area contributed by atoms with Crippen molar-refractivity contribution in [3.8, 4) is 0 Å². The molecule has 1 aromatic heterocycles. The van der Waals surface area contributed by atoms with E-state index in [2.05, 4.69) is 76.8 Å². The molecule has 5 nitrogen and oxygen atoms in total. The number of likely N-dealkylation sites (tertiary alicyclic amines) is 1. The minimum absolute atomic E-state index is 0.376. The van der Waals surface area contributed by atoms with E-state index < -0.39 is 0 Å². The minimum Gasteiger partial charge on any atom is -0.377 e. The van der Waals surface area contributed by atoms with Crippen LogP contribution < -0.4 is 4.90 Å². The monoisotopic (exact) mass is 327 g/mol. The van der Waals surface area contributed by atoms with Gasteiger partial charge in [-0.25, -0.2) is 0 Å². The third-order valence-corrected chi connectivity index (χ3v) is 4.72. The zero-order chi connectivity index (χ0) is 17.1. The molecule has 1 aliphatic rings. The van der Waals surface area contributed by atoms with Crippen LogP contribution in [0.2, 0.25) is 0 Å². The number of anilines is 1. The van der Waals surface area contributed by atoms with E-state index in [0.29, 0.717) is 12.0 Å². The summed E-state index contributed by atoms with van der Waals surface area (Å²) in [5.41, 5.74) is 2.68. The molecule has 1 saturated heterocycles. The molecule has 130 valence electrons. The van der Waals surface area contributed by atoms with Crippen LogP contribution in [0.4, 0.5) is 5.69 Å². The fourth-order valence-electron chi connectivity index (χ4n) is 3.66. The number of nitrogens with zero attached hydrogens (tertiary/aromatic N) is 5. The maximum Gasteiger partial charge on any atom is 0.150 e. The Hall–Kier alpha value is -1.88. The third-order valence-electron chi connectivity index (χ3n) is 4.72. The maximum atomic E-state index is 4.46. The molecule has 0 aliphatic carbocycles. The Labute approximate surface area is 145 Å². The summed E-state index contributed by atoms with van der Waals surface area (Å²) in [4.78, 5) is 4.75. The lowest BCUT2D eigenvalue weighted by atomic mass is 10.1. The van der Waals surface area contributed by atoms with E-state index >= 15 is 0 Å². The summed E-state index contributed by atoms with van der Waals surface area (Å²) in [6.07, 6.45) is 4.28. The van der Waals surface area contributed by atoms with Crippen LogP contribution in [0.5, 0.6) is 0 Å². The first kappa shape index (κ1) is 17.0. The van der Waals surface area contributed by atoms with E-state index in [9.17, 15) is 0 Å². The average Bonchev–Trinajstić information content (AvgIpc) is 3.16. The van der Waals surface area contributed by atoms with Crippen LogP contribution in [-0.4, -0.2) is 40.3 Å². The molecule has 3 rings (SSSR count). The number of para-hydroxylation sites is 1. The van der Waals surface area contributed by atoms with E-state index in [-0.39, 0.29) is 0 Å². The molecule has 1 aromatic carbocycles. The van der Waals surface area contributed by atoms with E-state index in [1.807, 2.05) is 6.33 Å². The second kappa shape index (κ2) is 7.34. The van der Waals surface area contributed by atoms with Crippen LogP contribution in [0.15, 0.2) is 30.6 Å². The van der Waals surface area contributed by atoms with Gasteiger partial charge in [0.05, 0.1) is 6.04 Å². The summed E-state index contributed by atoms with van der Waals surface area (Å²) >= 11 is 0. The Balaban J connectivity index is 1.81. The quantitative estimate of drug-likeness (QED) is 0.815. The van der Waals surface area contributed by atoms with Crippen molar-refractivity contribution in [2.24, 2.45) is 5.92 Å². The number of hydrogen-bond acceptors (Lipinski definition) is 4. The molecular formula is C19H29N5. The molecule has 2 heterocycles. The molecule has 0 radical (unpaired) electrons. The SMILES string of the molecule is CC(C)Cn1cnnc1[C@H]1CCCN1Cc1ccccc1N(C)C. The van der Waals surface area contributed by atoms with E-state index in [4.69, 9.17) is 0 Å². The summed E-state index contributed by atoms with van der Waals surface area (Å²) in [5.74, 6) is 1.73. The topological polar surface area (TPSA) is 37.2 Å². The smallest absolute Gasteiger partial charge is 0.150 e. The van der Waals surface area contributed by atoms with Gasteiger partial charge < -0.3 is 9.47 Å². The fourth-order valence-corrected chi connectivity index (χ4v) is 3.66. The lowest BCUT2D eigenvalue weighted by molar-refractivity contribution is 0.233. The largest absolute Gasteiger partial charge is 0.377 e. The predicted molar refractivity (Wildman–Crippen MR) is 98.0 cm³/mol. The molecule has 0 N–H and O–H groups in total. The van der Waals surface area contributed by atoms with E-state index in [1.54, 1.807) is 0 Å². The zero-order valence-corrected chi connectivity index (χ0v) is 15.3. The Morgan fingerprint density at radius 1 is 1.25 bits per heavy atom. The van der Waals surface area contributed by atoms with Gasteiger partial charge >= 0.3 is 0 Å². The highest BCUT2D eigenvalue weighted by Gasteiger charge is 2.30. The molecule has 0 unspecified atom stereocenters. The Morgan fingerprint density at radius 2 is 2.04 bits per heavy atom. The molecular weight excluding hydrogens is 298 g/mol. The summed E-state index contributed by atoms with van der Waals surface area (Å²) in [5, 5.41) is 8.65. The van der Waals surface area contributed by atoms with Gasteiger partial charge in [-0.1, -0.05) is 32.0 Å². The number of benzene rings is 1. The fraction of sp³-hybridized carbons (Fsp3) is 0.579. The van der Waals surface area contributed by atoms with Gasteiger partial charge in [0.15, 0.2) is 0 Å². The highest BCUT2D eigenvalue weighted by atomic mass is 15.3. The lowest BCUT2D eigenvalue weighted by Crippen LogP contribution is -2.26. The van der Waals surface area contributed by atoms with Crippen LogP contribution in [0.25, 0.3) is 0 Å². The highest BCUT2D eigenvalue weighted by Crippen LogP contribution is 2.33. The van der Waals surface area contributed by atoms with Crippen molar-refractivity contribution in [1.82, 2.24) is 19.7 Å². The standard InChI is InChI=1S/C19H29N5/c1-15(2)12-24-14-20-21-19(24)18-10-7-11-23(18)13-16-8-5-6-9-17(16)22(3)4/h5-6,8-9,14-15,18H,7,10-13H2,1-4H3/t18-/m1/s1. The first-order valence-corrected chi connectivity index (χ1v) is 8.93. The Kier molecular flexibility index (Phi) is 5.19.